The van der Waals surface area contributed by atoms with Crippen molar-refractivity contribution in [2.24, 2.45) is 11.8 Å². The van der Waals surface area contributed by atoms with Crippen LogP contribution in [0.25, 0.3) is 0 Å². The minimum atomic E-state index is -0.0503. The maximum Gasteiger partial charge on any atom is 0.245 e. The van der Waals surface area contributed by atoms with Crippen molar-refractivity contribution in [1.82, 2.24) is 10.2 Å². The number of fused-ring (bicyclic) bond motifs is 1. The van der Waals surface area contributed by atoms with E-state index in [9.17, 15) is 4.79 Å². The van der Waals surface area contributed by atoms with Crippen LogP contribution in [0, 0.1) is 18.8 Å². The van der Waals surface area contributed by atoms with Gasteiger partial charge in [-0.1, -0.05) is 24.3 Å². The number of methoxy groups -OCH3 is 1. The van der Waals surface area contributed by atoms with E-state index in [1.54, 1.807) is 0 Å². The first-order valence-corrected chi connectivity index (χ1v) is 8.31. The number of amides is 1. The van der Waals surface area contributed by atoms with Crippen LogP contribution in [0.4, 0.5) is 0 Å². The molecule has 2 fully saturated rings. The standard InChI is InChI=1S/C18H26N2O3/c1-13-5-3-4-6-14(13)8-20-9-16-15(11-23-17(16)10-20)7-19-18(21)12-22-2/h3-6,15-17H,7-12H2,1-2H3,(H,19,21)/t15-,16-,17-/m1/s1. The minimum Gasteiger partial charge on any atom is -0.376 e. The van der Waals surface area contributed by atoms with Gasteiger partial charge >= 0.3 is 0 Å². The number of benzene rings is 1. The second kappa shape index (κ2) is 7.43. The van der Waals surface area contributed by atoms with Crippen LogP contribution in [0.3, 0.4) is 0 Å². The lowest BCUT2D eigenvalue weighted by molar-refractivity contribution is -0.124. The van der Waals surface area contributed by atoms with Gasteiger partial charge in [-0.3, -0.25) is 9.69 Å². The highest BCUT2D eigenvalue weighted by atomic mass is 16.5. The van der Waals surface area contributed by atoms with Crippen molar-refractivity contribution in [2.75, 3.05) is 40.0 Å². The molecule has 1 aromatic rings. The summed E-state index contributed by atoms with van der Waals surface area (Å²) in [7, 11) is 1.54. The molecule has 3 rings (SSSR count). The number of hydrogen-bond donors (Lipinski definition) is 1. The lowest BCUT2D eigenvalue weighted by atomic mass is 9.93. The molecular formula is C18H26N2O3. The molecule has 1 amide bonds. The number of likely N-dealkylation sites (tertiary alicyclic amines) is 1. The molecule has 2 heterocycles. The van der Waals surface area contributed by atoms with E-state index in [4.69, 9.17) is 9.47 Å². The molecule has 5 heteroatoms. The normalized spacial score (nSPS) is 27.1. The summed E-state index contributed by atoms with van der Waals surface area (Å²) in [5.74, 6) is 0.871. The summed E-state index contributed by atoms with van der Waals surface area (Å²) in [5, 5.41) is 2.95. The zero-order chi connectivity index (χ0) is 16.2. The molecule has 2 aliphatic rings. The summed E-state index contributed by atoms with van der Waals surface area (Å²) in [5.41, 5.74) is 2.73. The summed E-state index contributed by atoms with van der Waals surface area (Å²) in [6.07, 6.45) is 0.309. The number of nitrogens with zero attached hydrogens (tertiary/aromatic N) is 1. The van der Waals surface area contributed by atoms with E-state index in [1.165, 1.54) is 18.2 Å². The van der Waals surface area contributed by atoms with Crippen molar-refractivity contribution < 1.29 is 14.3 Å². The van der Waals surface area contributed by atoms with Crippen LogP contribution >= 0.6 is 0 Å². The molecule has 0 saturated carbocycles. The Bertz CT molecular complexity index is 549. The molecule has 0 radical (unpaired) electrons. The Labute approximate surface area is 137 Å². The summed E-state index contributed by atoms with van der Waals surface area (Å²) < 4.78 is 10.8. The Morgan fingerprint density at radius 2 is 2.22 bits per heavy atom. The predicted octanol–water partition coefficient (Wildman–Crippen LogP) is 1.20. The first-order valence-electron chi connectivity index (χ1n) is 8.31. The Kier molecular flexibility index (Phi) is 5.30. The van der Waals surface area contributed by atoms with Crippen LogP contribution in [-0.2, 0) is 20.8 Å². The van der Waals surface area contributed by atoms with Crippen molar-refractivity contribution >= 4 is 5.91 Å². The lowest BCUT2D eigenvalue weighted by Gasteiger charge is -2.20. The largest absolute Gasteiger partial charge is 0.376 e. The average Bonchev–Trinajstić information content (AvgIpc) is 3.08. The topological polar surface area (TPSA) is 50.8 Å². The van der Waals surface area contributed by atoms with Crippen molar-refractivity contribution in [2.45, 2.75) is 19.6 Å². The molecule has 0 unspecified atom stereocenters. The quantitative estimate of drug-likeness (QED) is 0.856. The van der Waals surface area contributed by atoms with Crippen molar-refractivity contribution in [3.05, 3.63) is 35.4 Å². The maximum absolute atomic E-state index is 11.5. The van der Waals surface area contributed by atoms with E-state index in [1.807, 2.05) is 0 Å². The van der Waals surface area contributed by atoms with E-state index >= 15 is 0 Å². The number of carbonyl (C=O) groups excluding carboxylic acids is 1. The number of hydrogen-bond acceptors (Lipinski definition) is 4. The van der Waals surface area contributed by atoms with Gasteiger partial charge in [0, 0.05) is 45.1 Å². The predicted molar refractivity (Wildman–Crippen MR) is 88.1 cm³/mol. The van der Waals surface area contributed by atoms with E-state index < -0.39 is 0 Å². The first-order chi connectivity index (χ1) is 11.2. The number of rotatable bonds is 6. The molecule has 0 spiro atoms. The maximum atomic E-state index is 11.5. The molecule has 1 N–H and O–H groups in total. The highest BCUT2D eigenvalue weighted by Crippen LogP contribution is 2.34. The van der Waals surface area contributed by atoms with Crippen LogP contribution < -0.4 is 5.32 Å². The lowest BCUT2D eigenvalue weighted by Crippen LogP contribution is -2.35. The molecule has 1 aromatic carbocycles. The third kappa shape index (κ3) is 3.91. The van der Waals surface area contributed by atoms with E-state index in [2.05, 4.69) is 41.4 Å². The van der Waals surface area contributed by atoms with Gasteiger partial charge < -0.3 is 14.8 Å². The van der Waals surface area contributed by atoms with Crippen LogP contribution in [0.2, 0.25) is 0 Å². The fraction of sp³-hybridized carbons (Fsp3) is 0.611. The smallest absolute Gasteiger partial charge is 0.245 e. The van der Waals surface area contributed by atoms with Crippen molar-refractivity contribution in [3.8, 4) is 0 Å². The van der Waals surface area contributed by atoms with Gasteiger partial charge in [-0.15, -0.1) is 0 Å². The molecular weight excluding hydrogens is 292 g/mol. The molecule has 0 aromatic heterocycles. The van der Waals surface area contributed by atoms with E-state index in [0.717, 1.165) is 26.2 Å². The summed E-state index contributed by atoms with van der Waals surface area (Å²) >= 11 is 0. The summed E-state index contributed by atoms with van der Waals surface area (Å²) in [6, 6.07) is 8.55. The number of ether oxygens (including phenoxy) is 2. The average molecular weight is 318 g/mol. The third-order valence-electron chi connectivity index (χ3n) is 5.01. The number of carbonyl (C=O) groups is 1. The zero-order valence-corrected chi connectivity index (χ0v) is 14.0. The van der Waals surface area contributed by atoms with Gasteiger partial charge in [0.2, 0.25) is 5.91 Å². The molecule has 5 nitrogen and oxygen atoms in total. The van der Waals surface area contributed by atoms with Gasteiger partial charge in [-0.05, 0) is 18.1 Å². The second-order valence-corrected chi connectivity index (χ2v) is 6.65. The molecule has 0 aliphatic carbocycles. The van der Waals surface area contributed by atoms with E-state index in [-0.39, 0.29) is 12.5 Å². The van der Waals surface area contributed by atoms with Gasteiger partial charge in [0.1, 0.15) is 6.61 Å². The highest BCUT2D eigenvalue weighted by Gasteiger charge is 2.43. The summed E-state index contributed by atoms with van der Waals surface area (Å²) in [4.78, 5) is 14.0. The van der Waals surface area contributed by atoms with Crippen LogP contribution in [0.1, 0.15) is 11.1 Å². The van der Waals surface area contributed by atoms with E-state index in [0.29, 0.717) is 24.5 Å². The molecule has 0 bridgehead atoms. The Morgan fingerprint density at radius 3 is 3.00 bits per heavy atom. The van der Waals surface area contributed by atoms with Crippen LogP contribution in [-0.4, -0.2) is 56.9 Å². The Balaban J connectivity index is 1.52. The number of nitrogens with one attached hydrogen (secondary N) is 1. The van der Waals surface area contributed by atoms with Gasteiger partial charge in [0.25, 0.3) is 0 Å². The SMILES string of the molecule is COCC(=O)NC[C@@H]1CO[C@@H]2CN(Cc3ccccc3C)C[C@H]12. The fourth-order valence-corrected chi connectivity index (χ4v) is 3.67. The zero-order valence-electron chi connectivity index (χ0n) is 14.0. The van der Waals surface area contributed by atoms with Crippen LogP contribution in [0.15, 0.2) is 24.3 Å². The molecule has 2 aliphatic heterocycles. The molecule has 2 saturated heterocycles. The molecule has 126 valence electrons. The Hall–Kier alpha value is -1.43. The second-order valence-electron chi connectivity index (χ2n) is 6.65. The third-order valence-corrected chi connectivity index (χ3v) is 5.01. The minimum absolute atomic E-state index is 0.0503. The van der Waals surface area contributed by atoms with Crippen molar-refractivity contribution in [3.63, 3.8) is 0 Å². The van der Waals surface area contributed by atoms with Gasteiger partial charge in [-0.25, -0.2) is 0 Å². The fourth-order valence-electron chi connectivity index (χ4n) is 3.67. The monoisotopic (exact) mass is 318 g/mol. The number of aryl methyl sites for hydroxylation is 1. The highest BCUT2D eigenvalue weighted by molar-refractivity contribution is 5.77. The Morgan fingerprint density at radius 1 is 1.39 bits per heavy atom. The van der Waals surface area contributed by atoms with Crippen LogP contribution in [0.5, 0.6) is 0 Å². The summed E-state index contributed by atoms with van der Waals surface area (Å²) in [6.45, 7) is 6.73. The molecule has 23 heavy (non-hydrogen) atoms. The first kappa shape index (κ1) is 16.4. The van der Waals surface area contributed by atoms with Crippen molar-refractivity contribution in [1.29, 1.82) is 0 Å². The van der Waals surface area contributed by atoms with Gasteiger partial charge in [0.15, 0.2) is 0 Å². The van der Waals surface area contributed by atoms with Gasteiger partial charge in [0.05, 0.1) is 12.7 Å². The molecule has 3 atom stereocenters. The van der Waals surface area contributed by atoms with Gasteiger partial charge in [-0.2, -0.15) is 0 Å².